The van der Waals surface area contributed by atoms with Gasteiger partial charge in [-0.2, -0.15) is 0 Å². The van der Waals surface area contributed by atoms with Crippen molar-refractivity contribution in [2.45, 2.75) is 19.4 Å². The number of nitrogens with zero attached hydrogens (tertiary/aromatic N) is 1. The van der Waals surface area contributed by atoms with Gasteiger partial charge in [-0.3, -0.25) is 15.0 Å². The second-order valence-corrected chi connectivity index (χ2v) is 2.53. The molecule has 0 aromatic carbocycles. The monoisotopic (exact) mass is 157 g/mol. The number of nitrogens with one attached hydrogen (secondary N) is 1. The van der Waals surface area contributed by atoms with Crippen molar-refractivity contribution in [1.82, 2.24) is 10.4 Å². The Labute approximate surface area is 64.5 Å². The fourth-order valence-corrected chi connectivity index (χ4v) is 0.994. The van der Waals surface area contributed by atoms with Crippen LogP contribution in [0.1, 0.15) is 13.3 Å². The van der Waals surface area contributed by atoms with Gasteiger partial charge in [-0.25, -0.2) is 5.01 Å². The zero-order valence-electron chi connectivity index (χ0n) is 6.33. The third kappa shape index (κ3) is 1.48. The highest BCUT2D eigenvalue weighted by molar-refractivity contribution is 5.86. The third-order valence-corrected chi connectivity index (χ3v) is 1.59. The van der Waals surface area contributed by atoms with Gasteiger partial charge in [-0.15, -0.1) is 0 Å². The maximum absolute atomic E-state index is 10.8. The lowest BCUT2D eigenvalue weighted by molar-refractivity contribution is -0.155. The van der Waals surface area contributed by atoms with Gasteiger partial charge in [0.05, 0.1) is 12.5 Å². The molecule has 0 saturated carbocycles. The summed E-state index contributed by atoms with van der Waals surface area (Å²) < 4.78 is 0. The van der Waals surface area contributed by atoms with Gasteiger partial charge in [0.2, 0.25) is 11.8 Å². The van der Waals surface area contributed by atoms with Gasteiger partial charge < -0.3 is 5.73 Å². The molecule has 62 valence electrons. The molecular formula is C6H11N3O2. The standard InChI is InChI=1S/C6H11N3O2/c1-4(10)8-9-5(3-7)2-6(9)11/h5H,2-3,7H2,1H3,(H,8,10). The van der Waals surface area contributed by atoms with E-state index in [4.69, 9.17) is 5.73 Å². The predicted molar refractivity (Wildman–Crippen MR) is 38.1 cm³/mol. The van der Waals surface area contributed by atoms with Gasteiger partial charge in [0.25, 0.3) is 0 Å². The topological polar surface area (TPSA) is 75.4 Å². The first-order valence-electron chi connectivity index (χ1n) is 3.44. The van der Waals surface area contributed by atoms with Gasteiger partial charge in [0.15, 0.2) is 0 Å². The molecule has 1 atom stereocenters. The minimum absolute atomic E-state index is 0.00796. The van der Waals surface area contributed by atoms with Gasteiger partial charge in [0.1, 0.15) is 0 Å². The second kappa shape index (κ2) is 2.87. The molecule has 11 heavy (non-hydrogen) atoms. The van der Waals surface area contributed by atoms with E-state index in [1.54, 1.807) is 0 Å². The molecule has 1 unspecified atom stereocenters. The summed E-state index contributed by atoms with van der Waals surface area (Å²) in [6.07, 6.45) is 0.441. The minimum atomic E-state index is -0.239. The Hall–Kier alpha value is -1.10. The molecule has 0 aliphatic carbocycles. The van der Waals surface area contributed by atoms with Crippen LogP contribution in [-0.2, 0) is 9.59 Å². The Kier molecular flexibility index (Phi) is 2.09. The van der Waals surface area contributed by atoms with Gasteiger partial charge in [-0.05, 0) is 0 Å². The van der Waals surface area contributed by atoms with Crippen molar-refractivity contribution in [3.05, 3.63) is 0 Å². The van der Waals surface area contributed by atoms with E-state index in [0.717, 1.165) is 0 Å². The number of carbonyl (C=O) groups is 2. The molecule has 0 bridgehead atoms. The number of amides is 2. The molecular weight excluding hydrogens is 146 g/mol. The van der Waals surface area contributed by atoms with E-state index in [-0.39, 0.29) is 17.9 Å². The van der Waals surface area contributed by atoms with Crippen LogP contribution in [0.2, 0.25) is 0 Å². The largest absolute Gasteiger partial charge is 0.328 e. The maximum Gasteiger partial charge on any atom is 0.243 e. The average Bonchev–Trinajstić information content (AvgIpc) is 1.95. The van der Waals surface area contributed by atoms with Crippen LogP contribution in [0.25, 0.3) is 0 Å². The van der Waals surface area contributed by atoms with Crippen LogP contribution in [0.3, 0.4) is 0 Å². The van der Waals surface area contributed by atoms with Crippen LogP contribution in [0, 0.1) is 0 Å². The van der Waals surface area contributed by atoms with E-state index in [9.17, 15) is 9.59 Å². The molecule has 5 nitrogen and oxygen atoms in total. The number of β-lactam (4-membered cyclic amide) rings is 1. The Balaban J connectivity index is 2.42. The fraction of sp³-hybridized carbons (Fsp3) is 0.667. The Morgan fingerprint density at radius 2 is 2.55 bits per heavy atom. The highest BCUT2D eigenvalue weighted by atomic mass is 16.2. The zero-order valence-corrected chi connectivity index (χ0v) is 6.33. The van der Waals surface area contributed by atoms with Crippen molar-refractivity contribution in [2.24, 2.45) is 5.73 Å². The van der Waals surface area contributed by atoms with Crippen molar-refractivity contribution in [1.29, 1.82) is 0 Å². The summed E-state index contributed by atoms with van der Waals surface area (Å²) in [5.74, 6) is -0.313. The summed E-state index contributed by atoms with van der Waals surface area (Å²) in [5.41, 5.74) is 7.71. The first kappa shape index (κ1) is 8.00. The number of hydrazine groups is 1. The Bertz CT molecular complexity index is 192. The van der Waals surface area contributed by atoms with Gasteiger partial charge in [-0.1, -0.05) is 0 Å². The number of hydrogen-bond donors (Lipinski definition) is 2. The number of hydrogen-bond acceptors (Lipinski definition) is 3. The van der Waals surface area contributed by atoms with Crippen molar-refractivity contribution >= 4 is 11.8 Å². The lowest BCUT2D eigenvalue weighted by Crippen LogP contribution is -2.62. The molecule has 0 radical (unpaired) electrons. The van der Waals surface area contributed by atoms with Crippen LogP contribution >= 0.6 is 0 Å². The molecule has 3 N–H and O–H groups in total. The fourth-order valence-electron chi connectivity index (χ4n) is 0.994. The summed E-state index contributed by atoms with van der Waals surface area (Å²) in [5, 5.41) is 1.28. The van der Waals surface area contributed by atoms with E-state index >= 15 is 0 Å². The quantitative estimate of drug-likeness (QED) is 0.484. The van der Waals surface area contributed by atoms with E-state index in [0.29, 0.717) is 13.0 Å². The van der Waals surface area contributed by atoms with Crippen LogP contribution in [0.5, 0.6) is 0 Å². The molecule has 1 saturated heterocycles. The van der Waals surface area contributed by atoms with E-state index in [1.807, 2.05) is 0 Å². The van der Waals surface area contributed by atoms with Crippen molar-refractivity contribution in [3.63, 3.8) is 0 Å². The summed E-state index contributed by atoms with van der Waals surface area (Å²) in [6, 6.07) is -0.00796. The number of carbonyl (C=O) groups excluding carboxylic acids is 2. The van der Waals surface area contributed by atoms with Crippen LogP contribution in [0.15, 0.2) is 0 Å². The Morgan fingerprint density at radius 1 is 1.91 bits per heavy atom. The Morgan fingerprint density at radius 3 is 2.91 bits per heavy atom. The molecule has 0 aromatic rings. The van der Waals surface area contributed by atoms with Gasteiger partial charge >= 0.3 is 0 Å². The molecule has 2 amide bonds. The summed E-state index contributed by atoms with van der Waals surface area (Å²) in [4.78, 5) is 21.3. The molecule has 5 heteroatoms. The lowest BCUT2D eigenvalue weighted by Gasteiger charge is -2.38. The highest BCUT2D eigenvalue weighted by Crippen LogP contribution is 2.14. The minimum Gasteiger partial charge on any atom is -0.328 e. The smallest absolute Gasteiger partial charge is 0.243 e. The molecule has 1 rings (SSSR count). The zero-order chi connectivity index (χ0) is 8.43. The molecule has 1 fully saturated rings. The first-order valence-corrected chi connectivity index (χ1v) is 3.44. The van der Waals surface area contributed by atoms with Crippen LogP contribution in [0.4, 0.5) is 0 Å². The predicted octanol–water partition coefficient (Wildman–Crippen LogP) is -1.40. The summed E-state index contributed by atoms with van der Waals surface area (Å²) in [6.45, 7) is 1.76. The normalized spacial score (nSPS) is 22.9. The van der Waals surface area contributed by atoms with Crippen LogP contribution < -0.4 is 11.2 Å². The SMILES string of the molecule is CC(=O)NN1C(=O)CC1CN. The number of rotatable bonds is 2. The average molecular weight is 157 g/mol. The molecule has 1 aliphatic heterocycles. The third-order valence-electron chi connectivity index (χ3n) is 1.59. The van der Waals surface area contributed by atoms with Crippen LogP contribution in [-0.4, -0.2) is 29.4 Å². The first-order chi connectivity index (χ1) is 5.15. The van der Waals surface area contributed by atoms with Crippen molar-refractivity contribution in [3.8, 4) is 0 Å². The van der Waals surface area contributed by atoms with Gasteiger partial charge in [0, 0.05) is 13.5 Å². The molecule has 1 aliphatic rings. The molecule has 0 aromatic heterocycles. The van der Waals surface area contributed by atoms with Crippen molar-refractivity contribution < 1.29 is 9.59 Å². The second-order valence-electron chi connectivity index (χ2n) is 2.53. The summed E-state index contributed by atoms with van der Waals surface area (Å²) >= 11 is 0. The van der Waals surface area contributed by atoms with E-state index < -0.39 is 0 Å². The van der Waals surface area contributed by atoms with Crippen molar-refractivity contribution in [2.75, 3.05) is 6.54 Å². The summed E-state index contributed by atoms with van der Waals surface area (Å²) in [7, 11) is 0. The molecule has 1 heterocycles. The number of nitrogens with two attached hydrogens (primary N) is 1. The molecule has 0 spiro atoms. The highest BCUT2D eigenvalue weighted by Gasteiger charge is 2.35. The van der Waals surface area contributed by atoms with E-state index in [2.05, 4.69) is 5.43 Å². The maximum atomic E-state index is 10.8. The lowest BCUT2D eigenvalue weighted by atomic mass is 10.1. The van der Waals surface area contributed by atoms with E-state index in [1.165, 1.54) is 11.9 Å².